The molecule has 0 spiro atoms. The zero-order valence-corrected chi connectivity index (χ0v) is 10.4. The molecule has 1 aliphatic rings. The summed E-state index contributed by atoms with van der Waals surface area (Å²) in [6, 6.07) is 10.5. The summed E-state index contributed by atoms with van der Waals surface area (Å²) < 4.78 is 0. The van der Waals surface area contributed by atoms with Crippen molar-refractivity contribution in [1.29, 1.82) is 0 Å². The minimum atomic E-state index is 0.151. The van der Waals surface area contributed by atoms with Crippen LogP contribution in [0, 0.1) is 5.92 Å². The standard InChI is InChI=1S/C14H20N2O/c1-13(12-17)11-15-7-9-16(10-8-15)14-5-3-2-4-6-14/h2-6,12-13H,7-11H2,1H3. The van der Waals surface area contributed by atoms with E-state index < -0.39 is 0 Å². The maximum Gasteiger partial charge on any atom is 0.124 e. The predicted molar refractivity (Wildman–Crippen MR) is 70.3 cm³/mol. The van der Waals surface area contributed by atoms with Gasteiger partial charge in [0.2, 0.25) is 0 Å². The number of nitrogens with zero attached hydrogens (tertiary/aromatic N) is 2. The summed E-state index contributed by atoms with van der Waals surface area (Å²) >= 11 is 0. The first-order valence-electron chi connectivity index (χ1n) is 6.27. The molecule has 0 aliphatic carbocycles. The maximum absolute atomic E-state index is 10.6. The normalized spacial score (nSPS) is 19.0. The summed E-state index contributed by atoms with van der Waals surface area (Å²) in [5.74, 6) is 0.151. The zero-order valence-electron chi connectivity index (χ0n) is 10.4. The molecule has 0 amide bonds. The molecule has 17 heavy (non-hydrogen) atoms. The van der Waals surface area contributed by atoms with E-state index in [1.54, 1.807) is 0 Å². The topological polar surface area (TPSA) is 23.6 Å². The lowest BCUT2D eigenvalue weighted by Gasteiger charge is -2.36. The van der Waals surface area contributed by atoms with E-state index in [9.17, 15) is 4.79 Å². The molecule has 1 aromatic rings. The van der Waals surface area contributed by atoms with Crippen molar-refractivity contribution in [2.24, 2.45) is 5.92 Å². The molecule has 0 N–H and O–H groups in total. The van der Waals surface area contributed by atoms with Crippen LogP contribution in [-0.2, 0) is 4.79 Å². The maximum atomic E-state index is 10.6. The lowest BCUT2D eigenvalue weighted by molar-refractivity contribution is -0.111. The zero-order chi connectivity index (χ0) is 12.1. The molecule has 1 atom stereocenters. The van der Waals surface area contributed by atoms with E-state index in [0.29, 0.717) is 0 Å². The van der Waals surface area contributed by atoms with Gasteiger partial charge in [-0.25, -0.2) is 0 Å². The van der Waals surface area contributed by atoms with Crippen LogP contribution in [0.2, 0.25) is 0 Å². The molecule has 92 valence electrons. The van der Waals surface area contributed by atoms with Crippen LogP contribution in [0.25, 0.3) is 0 Å². The van der Waals surface area contributed by atoms with Gasteiger partial charge < -0.3 is 9.69 Å². The van der Waals surface area contributed by atoms with Gasteiger partial charge in [0, 0.05) is 44.3 Å². The summed E-state index contributed by atoms with van der Waals surface area (Å²) in [6.45, 7) is 7.08. The molecule has 1 aliphatic heterocycles. The Kier molecular flexibility index (Phi) is 4.15. The van der Waals surface area contributed by atoms with Crippen molar-refractivity contribution in [2.75, 3.05) is 37.6 Å². The minimum absolute atomic E-state index is 0.151. The average Bonchev–Trinajstić information content (AvgIpc) is 2.40. The Morgan fingerprint density at radius 3 is 2.41 bits per heavy atom. The molecule has 1 aromatic carbocycles. The number of benzene rings is 1. The molecule has 2 rings (SSSR count). The number of carbonyl (C=O) groups excluding carboxylic acids is 1. The molecular formula is C14H20N2O. The van der Waals surface area contributed by atoms with Gasteiger partial charge in [0.1, 0.15) is 6.29 Å². The minimum Gasteiger partial charge on any atom is -0.369 e. The summed E-state index contributed by atoms with van der Waals surface area (Å²) in [5.41, 5.74) is 1.30. The number of aldehydes is 1. The molecular weight excluding hydrogens is 212 g/mol. The predicted octanol–water partition coefficient (Wildman–Crippen LogP) is 1.64. The SMILES string of the molecule is CC(C=O)CN1CCN(c2ccccc2)CC1. The molecule has 0 saturated carbocycles. The largest absolute Gasteiger partial charge is 0.369 e. The Morgan fingerprint density at radius 2 is 1.82 bits per heavy atom. The molecule has 0 bridgehead atoms. The molecule has 0 radical (unpaired) electrons. The second-order valence-electron chi connectivity index (χ2n) is 4.74. The van der Waals surface area contributed by atoms with E-state index in [4.69, 9.17) is 0 Å². The fourth-order valence-corrected chi connectivity index (χ4v) is 2.28. The van der Waals surface area contributed by atoms with E-state index >= 15 is 0 Å². The third-order valence-electron chi connectivity index (χ3n) is 3.27. The second kappa shape index (κ2) is 5.82. The lowest BCUT2D eigenvalue weighted by atomic mass is 10.1. The molecule has 1 heterocycles. The second-order valence-corrected chi connectivity index (χ2v) is 4.74. The fourth-order valence-electron chi connectivity index (χ4n) is 2.28. The highest BCUT2D eigenvalue weighted by atomic mass is 16.1. The van der Waals surface area contributed by atoms with Gasteiger partial charge in [0.05, 0.1) is 0 Å². The van der Waals surface area contributed by atoms with E-state index in [1.807, 2.05) is 13.0 Å². The number of hydrogen-bond donors (Lipinski definition) is 0. The smallest absolute Gasteiger partial charge is 0.124 e. The summed E-state index contributed by atoms with van der Waals surface area (Å²) in [6.07, 6.45) is 1.05. The summed E-state index contributed by atoms with van der Waals surface area (Å²) in [7, 11) is 0. The highest BCUT2D eigenvalue weighted by Gasteiger charge is 2.18. The Bertz CT molecular complexity index is 344. The van der Waals surface area contributed by atoms with Gasteiger partial charge in [-0.15, -0.1) is 0 Å². The van der Waals surface area contributed by atoms with E-state index in [1.165, 1.54) is 5.69 Å². The van der Waals surface area contributed by atoms with Crippen molar-refractivity contribution in [3.63, 3.8) is 0 Å². The number of hydrogen-bond acceptors (Lipinski definition) is 3. The van der Waals surface area contributed by atoms with Crippen molar-refractivity contribution < 1.29 is 4.79 Å². The highest BCUT2D eigenvalue weighted by Crippen LogP contribution is 2.15. The molecule has 1 saturated heterocycles. The first-order chi connectivity index (χ1) is 8.29. The first kappa shape index (κ1) is 12.1. The third kappa shape index (κ3) is 3.30. The Labute approximate surface area is 103 Å². The Morgan fingerprint density at radius 1 is 1.18 bits per heavy atom. The lowest BCUT2D eigenvalue weighted by Crippen LogP contribution is -2.47. The van der Waals surface area contributed by atoms with Gasteiger partial charge in [-0.3, -0.25) is 4.90 Å². The van der Waals surface area contributed by atoms with Crippen molar-refractivity contribution in [2.45, 2.75) is 6.92 Å². The van der Waals surface area contributed by atoms with Crippen LogP contribution in [0.1, 0.15) is 6.92 Å². The van der Waals surface area contributed by atoms with Gasteiger partial charge in [-0.05, 0) is 12.1 Å². The quantitative estimate of drug-likeness (QED) is 0.737. The number of piperazine rings is 1. The molecule has 3 nitrogen and oxygen atoms in total. The van der Waals surface area contributed by atoms with Gasteiger partial charge in [-0.2, -0.15) is 0 Å². The van der Waals surface area contributed by atoms with Crippen molar-refractivity contribution in [3.8, 4) is 0 Å². The number of anilines is 1. The monoisotopic (exact) mass is 232 g/mol. The fraction of sp³-hybridized carbons (Fsp3) is 0.500. The number of carbonyl (C=O) groups is 1. The number of para-hydroxylation sites is 1. The Hall–Kier alpha value is -1.35. The van der Waals surface area contributed by atoms with Crippen molar-refractivity contribution in [1.82, 2.24) is 4.90 Å². The molecule has 1 unspecified atom stereocenters. The van der Waals surface area contributed by atoms with Crippen LogP contribution in [0.15, 0.2) is 30.3 Å². The van der Waals surface area contributed by atoms with Gasteiger partial charge in [-0.1, -0.05) is 25.1 Å². The van der Waals surface area contributed by atoms with Crippen molar-refractivity contribution in [3.05, 3.63) is 30.3 Å². The summed E-state index contributed by atoms with van der Waals surface area (Å²) in [5, 5.41) is 0. The van der Waals surface area contributed by atoms with E-state index in [-0.39, 0.29) is 5.92 Å². The van der Waals surface area contributed by atoms with E-state index in [2.05, 4.69) is 34.1 Å². The van der Waals surface area contributed by atoms with Crippen LogP contribution in [-0.4, -0.2) is 43.9 Å². The van der Waals surface area contributed by atoms with E-state index in [0.717, 1.165) is 39.0 Å². The number of rotatable bonds is 4. The highest BCUT2D eigenvalue weighted by molar-refractivity contribution is 5.53. The van der Waals surface area contributed by atoms with Gasteiger partial charge in [0.25, 0.3) is 0 Å². The van der Waals surface area contributed by atoms with Crippen LogP contribution < -0.4 is 4.90 Å². The third-order valence-corrected chi connectivity index (χ3v) is 3.27. The van der Waals surface area contributed by atoms with Gasteiger partial charge >= 0.3 is 0 Å². The van der Waals surface area contributed by atoms with Gasteiger partial charge in [0.15, 0.2) is 0 Å². The first-order valence-corrected chi connectivity index (χ1v) is 6.27. The van der Waals surface area contributed by atoms with Crippen LogP contribution in [0.4, 0.5) is 5.69 Å². The van der Waals surface area contributed by atoms with Crippen molar-refractivity contribution >= 4 is 12.0 Å². The molecule has 3 heteroatoms. The average molecular weight is 232 g/mol. The molecule has 1 fully saturated rings. The Balaban J connectivity index is 1.84. The summed E-state index contributed by atoms with van der Waals surface area (Å²) in [4.78, 5) is 15.4. The molecule has 0 aromatic heterocycles. The van der Waals surface area contributed by atoms with Crippen LogP contribution in [0.3, 0.4) is 0 Å². The van der Waals surface area contributed by atoms with Crippen LogP contribution in [0.5, 0.6) is 0 Å². The van der Waals surface area contributed by atoms with Crippen LogP contribution >= 0.6 is 0 Å².